The fourth-order valence-corrected chi connectivity index (χ4v) is 4.16. The molecule has 2 nitrogen and oxygen atoms in total. The number of aliphatic hydroxyl groups is 2. The molecule has 0 heterocycles. The molecule has 0 unspecified atom stereocenters. The first-order chi connectivity index (χ1) is 9.73. The summed E-state index contributed by atoms with van der Waals surface area (Å²) in [7, 11) is 0. The van der Waals surface area contributed by atoms with E-state index in [1.54, 1.807) is 0 Å². The summed E-state index contributed by atoms with van der Waals surface area (Å²) in [6.45, 7) is 0. The third-order valence-electron chi connectivity index (χ3n) is 5.31. The van der Waals surface area contributed by atoms with Gasteiger partial charge in [0.25, 0.3) is 0 Å². The van der Waals surface area contributed by atoms with Crippen LogP contribution in [-0.4, -0.2) is 15.8 Å². The van der Waals surface area contributed by atoms with Crippen molar-refractivity contribution >= 4 is 0 Å². The largest absolute Gasteiger partial charge is 0.386 e. The Morgan fingerprint density at radius 2 is 1.45 bits per heavy atom. The molecular formula is C18H26O2. The highest BCUT2D eigenvalue weighted by Gasteiger charge is 2.50. The van der Waals surface area contributed by atoms with Gasteiger partial charge >= 0.3 is 0 Å². The van der Waals surface area contributed by atoms with Crippen LogP contribution in [0.1, 0.15) is 80.9 Å². The van der Waals surface area contributed by atoms with Crippen molar-refractivity contribution in [1.82, 2.24) is 0 Å². The molecule has 2 heteroatoms. The summed E-state index contributed by atoms with van der Waals surface area (Å²) in [5, 5.41) is 21.8. The van der Waals surface area contributed by atoms with Gasteiger partial charge in [-0.3, -0.25) is 0 Å². The van der Waals surface area contributed by atoms with Crippen LogP contribution in [0.15, 0.2) is 24.3 Å². The first kappa shape index (κ1) is 14.1. The topological polar surface area (TPSA) is 40.5 Å². The van der Waals surface area contributed by atoms with Crippen molar-refractivity contribution in [3.05, 3.63) is 35.4 Å². The second-order valence-corrected chi connectivity index (χ2v) is 6.59. The van der Waals surface area contributed by atoms with E-state index in [9.17, 15) is 10.2 Å². The summed E-state index contributed by atoms with van der Waals surface area (Å²) in [5.74, 6) is 0.117. The van der Waals surface area contributed by atoms with E-state index in [4.69, 9.17) is 0 Å². The Morgan fingerprint density at radius 1 is 0.850 bits per heavy atom. The molecule has 3 atom stereocenters. The van der Waals surface area contributed by atoms with Crippen LogP contribution in [0.4, 0.5) is 0 Å². The first-order valence-corrected chi connectivity index (χ1v) is 8.23. The Balaban J connectivity index is 1.91. The van der Waals surface area contributed by atoms with Gasteiger partial charge in [0.15, 0.2) is 0 Å². The number of benzene rings is 1. The molecule has 0 aromatic heterocycles. The minimum Gasteiger partial charge on any atom is -0.386 e. The molecule has 1 aromatic rings. The maximum absolute atomic E-state index is 11.2. The number of fused-ring (bicyclic) bond motifs is 3. The monoisotopic (exact) mass is 274 g/mol. The molecule has 20 heavy (non-hydrogen) atoms. The molecule has 0 aliphatic heterocycles. The molecule has 0 spiro atoms. The maximum Gasteiger partial charge on any atom is 0.109 e. The molecule has 0 bridgehead atoms. The molecule has 110 valence electrons. The second-order valence-electron chi connectivity index (χ2n) is 6.59. The number of aliphatic hydroxyl groups excluding tert-OH is 1. The lowest BCUT2D eigenvalue weighted by Crippen LogP contribution is -2.37. The lowest BCUT2D eigenvalue weighted by atomic mass is 9.80. The molecule has 0 radical (unpaired) electrons. The summed E-state index contributed by atoms with van der Waals surface area (Å²) in [5.41, 5.74) is 1.20. The smallest absolute Gasteiger partial charge is 0.109 e. The number of hydrogen-bond acceptors (Lipinski definition) is 2. The van der Waals surface area contributed by atoms with Gasteiger partial charge < -0.3 is 10.2 Å². The van der Waals surface area contributed by atoms with Crippen LogP contribution in [0.3, 0.4) is 0 Å². The third-order valence-corrected chi connectivity index (χ3v) is 5.31. The van der Waals surface area contributed by atoms with Gasteiger partial charge in [-0.2, -0.15) is 0 Å². The standard InChI is InChI=1S/C18H26O2/c19-17-15-11-8-7-10-14(15)16-12-6-4-2-1-3-5-9-13-18(16,17)20/h7-8,10-11,16-17,19-20H,1-6,9,12-13H2/t16-,17-,18-/m0/s1. The van der Waals surface area contributed by atoms with Gasteiger partial charge in [0, 0.05) is 5.92 Å². The van der Waals surface area contributed by atoms with E-state index in [0.29, 0.717) is 0 Å². The fraction of sp³-hybridized carbons (Fsp3) is 0.667. The van der Waals surface area contributed by atoms with E-state index in [2.05, 4.69) is 6.07 Å². The quantitative estimate of drug-likeness (QED) is 0.748. The van der Waals surface area contributed by atoms with Crippen LogP contribution >= 0.6 is 0 Å². The fourth-order valence-electron chi connectivity index (χ4n) is 4.16. The molecule has 2 aliphatic carbocycles. The Bertz CT molecular complexity index is 456. The predicted octanol–water partition coefficient (Wildman–Crippen LogP) is 4.07. The summed E-state index contributed by atoms with van der Waals surface area (Å²) >= 11 is 0. The normalized spacial score (nSPS) is 34.9. The molecule has 2 N–H and O–H groups in total. The summed E-state index contributed by atoms with van der Waals surface area (Å²) in [6.07, 6.45) is 9.55. The van der Waals surface area contributed by atoms with Crippen LogP contribution < -0.4 is 0 Å². The Kier molecular flexibility index (Phi) is 4.13. The molecule has 2 aliphatic rings. The molecule has 0 saturated heterocycles. The van der Waals surface area contributed by atoms with Crippen LogP contribution in [0, 0.1) is 0 Å². The van der Waals surface area contributed by atoms with E-state index in [1.807, 2.05) is 18.2 Å². The first-order valence-electron chi connectivity index (χ1n) is 8.23. The van der Waals surface area contributed by atoms with Crippen molar-refractivity contribution in [2.75, 3.05) is 0 Å². The SMILES string of the molecule is O[C@H]1c2ccccc2[C@@H]2CCCCCCCCC[C@@]12O. The average molecular weight is 274 g/mol. The van der Waals surface area contributed by atoms with Crippen molar-refractivity contribution in [2.24, 2.45) is 0 Å². The minimum absolute atomic E-state index is 0.117. The molecule has 1 aromatic carbocycles. The zero-order chi connectivity index (χ0) is 14.0. The Labute approximate surface area is 121 Å². The highest BCUT2D eigenvalue weighted by atomic mass is 16.3. The molecular weight excluding hydrogens is 248 g/mol. The Hall–Kier alpha value is -0.860. The van der Waals surface area contributed by atoms with Gasteiger partial charge in [-0.1, -0.05) is 69.2 Å². The summed E-state index contributed by atoms with van der Waals surface area (Å²) in [4.78, 5) is 0. The molecule has 3 rings (SSSR count). The molecule has 1 saturated carbocycles. The number of rotatable bonds is 0. The van der Waals surface area contributed by atoms with Crippen molar-refractivity contribution in [3.8, 4) is 0 Å². The van der Waals surface area contributed by atoms with E-state index in [1.165, 1.54) is 37.7 Å². The maximum atomic E-state index is 11.2. The average Bonchev–Trinajstić information content (AvgIpc) is 2.66. The van der Waals surface area contributed by atoms with E-state index < -0.39 is 11.7 Å². The van der Waals surface area contributed by atoms with E-state index >= 15 is 0 Å². The van der Waals surface area contributed by atoms with Crippen LogP contribution in [0.2, 0.25) is 0 Å². The third kappa shape index (κ3) is 2.40. The van der Waals surface area contributed by atoms with E-state index in [-0.39, 0.29) is 5.92 Å². The lowest BCUT2D eigenvalue weighted by Gasteiger charge is -2.33. The van der Waals surface area contributed by atoms with Gasteiger partial charge in [0.1, 0.15) is 11.7 Å². The summed E-state index contributed by atoms with van der Waals surface area (Å²) < 4.78 is 0. The zero-order valence-corrected chi connectivity index (χ0v) is 12.2. The minimum atomic E-state index is -0.936. The van der Waals surface area contributed by atoms with Crippen LogP contribution in [-0.2, 0) is 0 Å². The van der Waals surface area contributed by atoms with Crippen molar-refractivity contribution in [2.45, 2.75) is 75.4 Å². The van der Waals surface area contributed by atoms with Crippen molar-refractivity contribution < 1.29 is 10.2 Å². The highest BCUT2D eigenvalue weighted by Crippen LogP contribution is 2.52. The van der Waals surface area contributed by atoms with Gasteiger partial charge in [0.2, 0.25) is 0 Å². The predicted molar refractivity (Wildman–Crippen MR) is 80.6 cm³/mol. The second kappa shape index (κ2) is 5.87. The zero-order valence-electron chi connectivity index (χ0n) is 12.2. The van der Waals surface area contributed by atoms with Crippen LogP contribution in [0.25, 0.3) is 0 Å². The van der Waals surface area contributed by atoms with E-state index in [0.717, 1.165) is 31.2 Å². The number of hydrogen-bond donors (Lipinski definition) is 2. The van der Waals surface area contributed by atoms with Gasteiger partial charge in [-0.15, -0.1) is 0 Å². The van der Waals surface area contributed by atoms with Gasteiger partial charge in [0.05, 0.1) is 0 Å². The molecule has 1 fully saturated rings. The lowest BCUT2D eigenvalue weighted by molar-refractivity contribution is -0.0900. The van der Waals surface area contributed by atoms with Crippen molar-refractivity contribution in [1.29, 1.82) is 0 Å². The Morgan fingerprint density at radius 3 is 2.20 bits per heavy atom. The molecule has 0 amide bonds. The summed E-state index contributed by atoms with van der Waals surface area (Å²) in [6, 6.07) is 8.08. The highest BCUT2D eigenvalue weighted by molar-refractivity contribution is 5.42. The van der Waals surface area contributed by atoms with Gasteiger partial charge in [-0.05, 0) is 24.0 Å². The van der Waals surface area contributed by atoms with Gasteiger partial charge in [-0.25, -0.2) is 0 Å². The van der Waals surface area contributed by atoms with Crippen LogP contribution in [0.5, 0.6) is 0 Å². The van der Waals surface area contributed by atoms with Crippen molar-refractivity contribution in [3.63, 3.8) is 0 Å².